The fourth-order valence-electron chi connectivity index (χ4n) is 4.06. The second kappa shape index (κ2) is 10.1. The van der Waals surface area contributed by atoms with Crippen LogP contribution >= 0.6 is 11.3 Å². The van der Waals surface area contributed by atoms with Gasteiger partial charge in [0.1, 0.15) is 6.10 Å². The SMILES string of the molecule is C[C@@H]1CN([C@H](C)CO)C(=O)c2cccc(NC(=O)c3nc4ccccc4s3)c2O[C@@H]1CN(C)C. The number of carbonyl (C=O) groups excluding carboxylic acids is 2. The van der Waals surface area contributed by atoms with E-state index < -0.39 is 0 Å². The third kappa shape index (κ3) is 4.91. The number of thiazole rings is 1. The van der Waals surface area contributed by atoms with E-state index in [1.54, 1.807) is 23.1 Å². The maximum absolute atomic E-state index is 13.5. The van der Waals surface area contributed by atoms with Crippen LogP contribution in [-0.2, 0) is 0 Å². The number of aliphatic hydroxyl groups excluding tert-OH is 1. The van der Waals surface area contributed by atoms with Crippen LogP contribution in [0.5, 0.6) is 5.75 Å². The summed E-state index contributed by atoms with van der Waals surface area (Å²) in [5.74, 6) is -0.245. The average molecular weight is 483 g/mol. The van der Waals surface area contributed by atoms with Crippen molar-refractivity contribution in [3.63, 3.8) is 0 Å². The van der Waals surface area contributed by atoms with E-state index in [1.165, 1.54) is 11.3 Å². The summed E-state index contributed by atoms with van der Waals surface area (Å²) in [6, 6.07) is 12.4. The Bertz CT molecular complexity index is 1160. The lowest BCUT2D eigenvalue weighted by Crippen LogP contribution is -2.49. The van der Waals surface area contributed by atoms with Crippen molar-refractivity contribution in [2.24, 2.45) is 5.92 Å². The number of rotatable bonds is 6. The van der Waals surface area contributed by atoms with E-state index in [4.69, 9.17) is 4.74 Å². The molecule has 34 heavy (non-hydrogen) atoms. The molecule has 0 unspecified atom stereocenters. The molecule has 2 heterocycles. The molecular formula is C25H30N4O4S. The lowest BCUT2D eigenvalue weighted by molar-refractivity contribution is 0.0365. The molecule has 3 atom stereocenters. The summed E-state index contributed by atoms with van der Waals surface area (Å²) in [4.78, 5) is 34.7. The van der Waals surface area contributed by atoms with Gasteiger partial charge in [-0.15, -0.1) is 11.3 Å². The highest BCUT2D eigenvalue weighted by molar-refractivity contribution is 7.20. The molecule has 1 aliphatic heterocycles. The second-order valence-electron chi connectivity index (χ2n) is 9.01. The Morgan fingerprint density at radius 2 is 2.06 bits per heavy atom. The largest absolute Gasteiger partial charge is 0.486 e. The molecule has 0 bridgehead atoms. The number of hydrogen-bond acceptors (Lipinski definition) is 7. The van der Waals surface area contributed by atoms with Crippen LogP contribution in [0.1, 0.15) is 34.0 Å². The molecule has 180 valence electrons. The summed E-state index contributed by atoms with van der Waals surface area (Å²) < 4.78 is 7.36. The Morgan fingerprint density at radius 3 is 2.76 bits per heavy atom. The smallest absolute Gasteiger partial charge is 0.284 e. The van der Waals surface area contributed by atoms with Crippen molar-refractivity contribution in [2.45, 2.75) is 26.0 Å². The zero-order valence-corrected chi connectivity index (χ0v) is 20.6. The van der Waals surface area contributed by atoms with Crippen LogP contribution in [0.25, 0.3) is 10.2 Å². The lowest BCUT2D eigenvalue weighted by Gasteiger charge is -2.38. The number of hydrogen-bond donors (Lipinski definition) is 2. The normalized spacial score (nSPS) is 19.4. The first-order chi connectivity index (χ1) is 16.3. The summed E-state index contributed by atoms with van der Waals surface area (Å²) in [7, 11) is 3.94. The molecule has 0 saturated heterocycles. The van der Waals surface area contributed by atoms with Crippen molar-refractivity contribution in [2.75, 3.05) is 39.1 Å². The van der Waals surface area contributed by atoms with Crippen molar-refractivity contribution in [1.82, 2.24) is 14.8 Å². The summed E-state index contributed by atoms with van der Waals surface area (Å²) in [5, 5.41) is 13.0. The Hall–Kier alpha value is -3.01. The average Bonchev–Trinajstić information content (AvgIpc) is 3.25. The number of aliphatic hydroxyl groups is 1. The maximum atomic E-state index is 13.5. The van der Waals surface area contributed by atoms with Gasteiger partial charge in [-0.1, -0.05) is 25.1 Å². The Balaban J connectivity index is 1.73. The van der Waals surface area contributed by atoms with Gasteiger partial charge in [0.25, 0.3) is 11.8 Å². The minimum Gasteiger partial charge on any atom is -0.486 e. The summed E-state index contributed by atoms with van der Waals surface area (Å²) >= 11 is 1.31. The number of amides is 2. The predicted molar refractivity (Wildman–Crippen MR) is 134 cm³/mol. The Kier molecular flexibility index (Phi) is 7.16. The topological polar surface area (TPSA) is 95.0 Å². The first kappa shape index (κ1) is 24.1. The highest BCUT2D eigenvalue weighted by Gasteiger charge is 2.34. The van der Waals surface area contributed by atoms with Crippen molar-refractivity contribution in [3.05, 3.63) is 53.0 Å². The predicted octanol–water partition coefficient (Wildman–Crippen LogP) is 3.33. The molecule has 1 aliphatic rings. The number of anilines is 1. The quantitative estimate of drug-likeness (QED) is 0.560. The zero-order valence-electron chi connectivity index (χ0n) is 19.8. The molecule has 9 heteroatoms. The maximum Gasteiger partial charge on any atom is 0.284 e. The van der Waals surface area contributed by atoms with Crippen LogP contribution in [0.4, 0.5) is 5.69 Å². The van der Waals surface area contributed by atoms with Gasteiger partial charge in [-0.25, -0.2) is 4.98 Å². The molecule has 2 N–H and O–H groups in total. The highest BCUT2D eigenvalue weighted by atomic mass is 32.1. The Labute approximate surface area is 203 Å². The number of ether oxygens (including phenoxy) is 1. The first-order valence-corrected chi connectivity index (χ1v) is 12.1. The summed E-state index contributed by atoms with van der Waals surface area (Å²) in [5.41, 5.74) is 1.54. The number of aromatic nitrogens is 1. The molecule has 0 radical (unpaired) electrons. The van der Waals surface area contributed by atoms with Gasteiger partial charge in [-0.3, -0.25) is 9.59 Å². The number of benzene rings is 2. The van der Waals surface area contributed by atoms with Crippen LogP contribution in [0.3, 0.4) is 0 Å². The van der Waals surface area contributed by atoms with Crippen molar-refractivity contribution in [1.29, 1.82) is 0 Å². The summed E-state index contributed by atoms with van der Waals surface area (Å²) in [6.45, 7) is 4.82. The minimum absolute atomic E-state index is 0.00141. The van der Waals surface area contributed by atoms with Gasteiger partial charge in [-0.2, -0.15) is 0 Å². The van der Waals surface area contributed by atoms with Gasteiger partial charge in [0.05, 0.1) is 34.1 Å². The highest BCUT2D eigenvalue weighted by Crippen LogP contribution is 2.35. The van der Waals surface area contributed by atoms with Gasteiger partial charge in [0, 0.05) is 19.0 Å². The van der Waals surface area contributed by atoms with Gasteiger partial charge in [0.2, 0.25) is 0 Å². The lowest BCUT2D eigenvalue weighted by atomic mass is 9.99. The molecule has 2 aromatic carbocycles. The van der Waals surface area contributed by atoms with E-state index in [0.29, 0.717) is 35.1 Å². The number of carbonyl (C=O) groups is 2. The molecule has 4 rings (SSSR count). The fraction of sp³-hybridized carbons (Fsp3) is 0.400. The third-order valence-electron chi connectivity index (χ3n) is 5.97. The number of fused-ring (bicyclic) bond motifs is 2. The molecule has 1 aromatic heterocycles. The van der Waals surface area contributed by atoms with E-state index in [2.05, 4.69) is 10.3 Å². The van der Waals surface area contributed by atoms with Crippen molar-refractivity contribution in [3.8, 4) is 5.75 Å². The molecule has 3 aromatic rings. The molecule has 0 spiro atoms. The first-order valence-electron chi connectivity index (χ1n) is 11.3. The summed E-state index contributed by atoms with van der Waals surface area (Å²) in [6.07, 6.45) is -0.226. The van der Waals surface area contributed by atoms with Crippen LogP contribution < -0.4 is 10.1 Å². The molecule has 0 fully saturated rings. The number of likely N-dealkylation sites (N-methyl/N-ethyl adjacent to an activating group) is 1. The minimum atomic E-state index is -0.356. The van der Waals surface area contributed by atoms with Crippen molar-refractivity contribution >= 4 is 39.1 Å². The number of nitrogens with one attached hydrogen (secondary N) is 1. The van der Waals surface area contributed by atoms with Gasteiger partial charge >= 0.3 is 0 Å². The zero-order chi connectivity index (χ0) is 24.4. The fourth-order valence-corrected chi connectivity index (χ4v) is 4.93. The third-order valence-corrected chi connectivity index (χ3v) is 7.01. The van der Waals surface area contributed by atoms with E-state index in [-0.39, 0.29) is 36.5 Å². The molecule has 0 saturated carbocycles. The van der Waals surface area contributed by atoms with Gasteiger partial charge in [0.15, 0.2) is 10.8 Å². The van der Waals surface area contributed by atoms with Gasteiger partial charge < -0.3 is 25.0 Å². The van der Waals surface area contributed by atoms with E-state index in [0.717, 1.165) is 10.2 Å². The van der Waals surface area contributed by atoms with Crippen molar-refractivity contribution < 1.29 is 19.4 Å². The molecular weight excluding hydrogens is 452 g/mol. The van der Waals surface area contributed by atoms with Crippen LogP contribution in [0, 0.1) is 5.92 Å². The molecule has 2 amide bonds. The van der Waals surface area contributed by atoms with Crippen LogP contribution in [0.2, 0.25) is 0 Å². The van der Waals surface area contributed by atoms with Crippen LogP contribution in [0.15, 0.2) is 42.5 Å². The van der Waals surface area contributed by atoms with E-state index in [1.807, 2.05) is 57.1 Å². The number of nitrogens with zero attached hydrogens (tertiary/aromatic N) is 3. The van der Waals surface area contributed by atoms with E-state index >= 15 is 0 Å². The number of para-hydroxylation sites is 2. The monoisotopic (exact) mass is 482 g/mol. The van der Waals surface area contributed by atoms with Crippen LogP contribution in [-0.4, -0.2) is 77.6 Å². The Morgan fingerprint density at radius 1 is 1.29 bits per heavy atom. The van der Waals surface area contributed by atoms with Gasteiger partial charge in [-0.05, 0) is 45.3 Å². The standard InChI is InChI=1S/C25H30N4O4S/c1-15-12-29(16(2)14-30)25(32)17-8-7-10-19(22(17)33-20(15)13-28(3)4)26-23(31)24-27-18-9-5-6-11-21(18)34-24/h5-11,15-16,20,30H,12-14H2,1-4H3,(H,26,31)/t15-,16-,20-/m1/s1. The molecule has 8 nitrogen and oxygen atoms in total. The molecule has 0 aliphatic carbocycles. The second-order valence-corrected chi connectivity index (χ2v) is 10.0. The van der Waals surface area contributed by atoms with E-state index in [9.17, 15) is 14.7 Å².